The van der Waals surface area contributed by atoms with Crippen molar-refractivity contribution < 1.29 is 9.53 Å². The van der Waals surface area contributed by atoms with E-state index in [-0.39, 0.29) is 5.91 Å². The number of hydrogen-bond acceptors (Lipinski definition) is 4. The van der Waals surface area contributed by atoms with Crippen molar-refractivity contribution in [2.75, 3.05) is 5.32 Å². The normalized spacial score (nSPS) is 10.9. The highest BCUT2D eigenvalue weighted by Gasteiger charge is 2.05. The predicted octanol–water partition coefficient (Wildman–Crippen LogP) is 5.30. The van der Waals surface area contributed by atoms with Crippen molar-refractivity contribution in [3.8, 4) is 5.75 Å². The molecule has 1 heterocycles. The molecule has 0 saturated heterocycles. The summed E-state index contributed by atoms with van der Waals surface area (Å²) in [7, 11) is 0. The molecular formula is C22H22N2O2S. The molecule has 0 spiro atoms. The number of anilines is 1. The Morgan fingerprint density at radius 2 is 1.89 bits per heavy atom. The molecule has 0 aliphatic carbocycles. The molecule has 3 aromatic rings. The average Bonchev–Trinajstić information content (AvgIpc) is 3.07. The first-order valence-corrected chi connectivity index (χ1v) is 9.58. The molecule has 1 amide bonds. The van der Waals surface area contributed by atoms with Crippen LogP contribution in [0.2, 0.25) is 0 Å². The fourth-order valence-corrected chi connectivity index (χ4v) is 3.29. The number of hydrogen-bond donors (Lipinski definition) is 1. The third kappa shape index (κ3) is 5.28. The van der Waals surface area contributed by atoms with Crippen molar-refractivity contribution in [1.29, 1.82) is 0 Å². The van der Waals surface area contributed by atoms with Gasteiger partial charge in [-0.15, -0.1) is 11.3 Å². The predicted molar refractivity (Wildman–Crippen MR) is 111 cm³/mol. The summed E-state index contributed by atoms with van der Waals surface area (Å²) in [5.74, 6) is 0.592. The Morgan fingerprint density at radius 3 is 2.59 bits per heavy atom. The Labute approximate surface area is 163 Å². The number of amides is 1. The van der Waals surface area contributed by atoms with E-state index in [1.165, 1.54) is 6.08 Å². The molecule has 138 valence electrons. The van der Waals surface area contributed by atoms with Crippen LogP contribution in [0.5, 0.6) is 5.75 Å². The lowest BCUT2D eigenvalue weighted by atomic mass is 10.1. The lowest BCUT2D eigenvalue weighted by Crippen LogP contribution is -2.10. The minimum absolute atomic E-state index is 0.156. The van der Waals surface area contributed by atoms with Gasteiger partial charge in [0.15, 0.2) is 0 Å². The number of thiazole rings is 1. The van der Waals surface area contributed by atoms with Gasteiger partial charge in [0, 0.05) is 17.1 Å². The summed E-state index contributed by atoms with van der Waals surface area (Å²) in [4.78, 5) is 16.6. The zero-order chi connectivity index (χ0) is 19.2. The number of carbonyl (C=O) groups is 1. The van der Waals surface area contributed by atoms with E-state index in [1.54, 1.807) is 17.4 Å². The number of para-hydroxylation sites is 1. The van der Waals surface area contributed by atoms with Crippen LogP contribution in [0.25, 0.3) is 6.08 Å². The molecule has 0 bridgehead atoms. The van der Waals surface area contributed by atoms with E-state index in [0.29, 0.717) is 6.61 Å². The van der Waals surface area contributed by atoms with Crippen molar-refractivity contribution in [2.24, 2.45) is 0 Å². The molecule has 0 saturated carbocycles. The smallest absolute Gasteiger partial charge is 0.248 e. The third-order valence-corrected chi connectivity index (χ3v) is 4.89. The first-order valence-electron chi connectivity index (χ1n) is 8.70. The maximum absolute atomic E-state index is 12.3. The van der Waals surface area contributed by atoms with Gasteiger partial charge in [0.05, 0.1) is 10.7 Å². The van der Waals surface area contributed by atoms with Crippen molar-refractivity contribution in [1.82, 2.24) is 4.98 Å². The molecule has 1 N–H and O–H groups in total. The molecule has 4 nitrogen and oxygen atoms in total. The molecule has 0 aliphatic rings. The van der Waals surface area contributed by atoms with Crippen LogP contribution in [0.1, 0.15) is 27.4 Å². The molecule has 2 aromatic carbocycles. The highest BCUT2D eigenvalue weighted by molar-refractivity contribution is 7.09. The number of aryl methyl sites for hydroxylation is 3. The summed E-state index contributed by atoms with van der Waals surface area (Å²) in [6.45, 7) is 6.38. The summed E-state index contributed by atoms with van der Waals surface area (Å²) >= 11 is 1.61. The molecule has 5 heteroatoms. The van der Waals surface area contributed by atoms with Crippen LogP contribution >= 0.6 is 11.3 Å². The van der Waals surface area contributed by atoms with Crippen LogP contribution in [0, 0.1) is 20.8 Å². The van der Waals surface area contributed by atoms with Gasteiger partial charge >= 0.3 is 0 Å². The average molecular weight is 378 g/mol. The van der Waals surface area contributed by atoms with E-state index >= 15 is 0 Å². The largest absolute Gasteiger partial charge is 0.487 e. The van der Waals surface area contributed by atoms with Gasteiger partial charge < -0.3 is 10.1 Å². The second-order valence-corrected chi connectivity index (χ2v) is 7.37. The van der Waals surface area contributed by atoms with Gasteiger partial charge in [-0.05, 0) is 55.7 Å². The van der Waals surface area contributed by atoms with E-state index < -0.39 is 0 Å². The van der Waals surface area contributed by atoms with Crippen LogP contribution in [0.3, 0.4) is 0 Å². The topological polar surface area (TPSA) is 51.2 Å². The maximum atomic E-state index is 12.3. The number of aromatic nitrogens is 1. The summed E-state index contributed by atoms with van der Waals surface area (Å²) < 4.78 is 5.79. The number of rotatable bonds is 6. The fourth-order valence-electron chi connectivity index (χ4n) is 2.69. The van der Waals surface area contributed by atoms with Crippen LogP contribution in [-0.2, 0) is 11.4 Å². The minimum Gasteiger partial charge on any atom is -0.487 e. The van der Waals surface area contributed by atoms with Gasteiger partial charge in [0.2, 0.25) is 5.91 Å². The highest BCUT2D eigenvalue weighted by Crippen LogP contribution is 2.20. The molecule has 0 aliphatic heterocycles. The summed E-state index contributed by atoms with van der Waals surface area (Å²) in [5.41, 5.74) is 4.78. The van der Waals surface area contributed by atoms with E-state index in [9.17, 15) is 4.79 Å². The lowest BCUT2D eigenvalue weighted by Gasteiger charge is -2.09. The SMILES string of the molecule is Cc1nc(COc2cccc(/C=C/C(=O)Nc3c(C)cccc3C)c2)cs1. The Kier molecular flexibility index (Phi) is 6.04. The van der Waals surface area contributed by atoms with Crippen LogP contribution < -0.4 is 10.1 Å². The van der Waals surface area contributed by atoms with E-state index in [0.717, 1.165) is 38.8 Å². The van der Waals surface area contributed by atoms with Gasteiger partial charge in [-0.2, -0.15) is 0 Å². The van der Waals surface area contributed by atoms with Gasteiger partial charge in [-0.25, -0.2) is 4.98 Å². The van der Waals surface area contributed by atoms with E-state index in [4.69, 9.17) is 4.74 Å². The molecule has 3 rings (SSSR count). The Hall–Kier alpha value is -2.92. The zero-order valence-electron chi connectivity index (χ0n) is 15.7. The monoisotopic (exact) mass is 378 g/mol. The molecule has 0 atom stereocenters. The lowest BCUT2D eigenvalue weighted by molar-refractivity contribution is -0.111. The Balaban J connectivity index is 1.62. The molecule has 27 heavy (non-hydrogen) atoms. The van der Waals surface area contributed by atoms with Crippen molar-refractivity contribution >= 4 is 29.0 Å². The summed E-state index contributed by atoms with van der Waals surface area (Å²) in [6, 6.07) is 13.6. The molecule has 0 unspecified atom stereocenters. The molecule has 0 fully saturated rings. The van der Waals surface area contributed by atoms with Crippen molar-refractivity contribution in [3.05, 3.63) is 81.3 Å². The number of carbonyl (C=O) groups excluding carboxylic acids is 1. The third-order valence-electron chi connectivity index (χ3n) is 4.07. The minimum atomic E-state index is -0.156. The molecule has 0 radical (unpaired) electrons. The number of benzene rings is 2. The number of ether oxygens (including phenoxy) is 1. The van der Waals surface area contributed by atoms with Gasteiger partial charge in [-0.1, -0.05) is 30.3 Å². The fraction of sp³-hybridized carbons (Fsp3) is 0.182. The number of nitrogens with one attached hydrogen (secondary N) is 1. The van der Waals surface area contributed by atoms with Crippen molar-refractivity contribution in [3.63, 3.8) is 0 Å². The van der Waals surface area contributed by atoms with Gasteiger partial charge in [-0.3, -0.25) is 4.79 Å². The quantitative estimate of drug-likeness (QED) is 0.592. The summed E-state index contributed by atoms with van der Waals surface area (Å²) in [5, 5.41) is 5.97. The standard InChI is InChI=1S/C22H22N2O2S/c1-15-6-4-7-16(2)22(15)24-21(25)11-10-18-8-5-9-20(12-18)26-13-19-14-27-17(3)23-19/h4-12,14H,13H2,1-3H3,(H,24,25)/b11-10+. The Bertz CT molecular complexity index is 956. The maximum Gasteiger partial charge on any atom is 0.248 e. The van der Waals surface area contributed by atoms with Crippen LogP contribution in [0.4, 0.5) is 5.69 Å². The van der Waals surface area contributed by atoms with Gasteiger partial charge in [0.1, 0.15) is 12.4 Å². The van der Waals surface area contributed by atoms with E-state index in [1.807, 2.05) is 68.6 Å². The van der Waals surface area contributed by atoms with Crippen molar-refractivity contribution in [2.45, 2.75) is 27.4 Å². The zero-order valence-corrected chi connectivity index (χ0v) is 16.5. The first-order chi connectivity index (χ1) is 13.0. The van der Waals surface area contributed by atoms with Gasteiger partial charge in [0.25, 0.3) is 0 Å². The van der Waals surface area contributed by atoms with Crippen LogP contribution in [-0.4, -0.2) is 10.9 Å². The second-order valence-electron chi connectivity index (χ2n) is 6.31. The van der Waals surface area contributed by atoms with Crippen LogP contribution in [0.15, 0.2) is 53.9 Å². The highest BCUT2D eigenvalue weighted by atomic mass is 32.1. The first kappa shape index (κ1) is 18.9. The molecular weight excluding hydrogens is 356 g/mol. The Morgan fingerprint density at radius 1 is 1.15 bits per heavy atom. The molecule has 1 aromatic heterocycles. The number of nitrogens with zero attached hydrogens (tertiary/aromatic N) is 1. The van der Waals surface area contributed by atoms with E-state index in [2.05, 4.69) is 10.3 Å². The second kappa shape index (κ2) is 8.64. The summed E-state index contributed by atoms with van der Waals surface area (Å²) in [6.07, 6.45) is 3.32.